The van der Waals surface area contributed by atoms with Crippen molar-refractivity contribution < 1.29 is 21.6 Å². The monoisotopic (exact) mass is 480 g/mol. The number of anilines is 1. The second kappa shape index (κ2) is 9.10. The number of sulfone groups is 1. The van der Waals surface area contributed by atoms with Crippen LogP contribution in [0.1, 0.15) is 17.0 Å². The molecule has 0 N–H and O–H groups in total. The molecule has 0 spiro atoms. The fourth-order valence-electron chi connectivity index (χ4n) is 3.66. The lowest BCUT2D eigenvalue weighted by Gasteiger charge is -2.36. The maximum atomic E-state index is 13.0. The Morgan fingerprint density at radius 1 is 1.00 bits per heavy atom. The van der Waals surface area contributed by atoms with Crippen molar-refractivity contribution in [2.45, 2.75) is 30.4 Å². The molecule has 3 aromatic rings. The predicted molar refractivity (Wildman–Crippen MR) is 115 cm³/mol. The summed E-state index contributed by atoms with van der Waals surface area (Å²) in [6, 6.07) is 11.9. The molecule has 0 unspecified atom stereocenters. The highest BCUT2D eigenvalue weighted by molar-refractivity contribution is 7.90. The number of alkyl halides is 3. The Bertz CT molecular complexity index is 1200. The molecular weight excluding hydrogens is 457 g/mol. The summed E-state index contributed by atoms with van der Waals surface area (Å²) < 4.78 is 65.7. The fraction of sp³-hybridized carbons (Fsp3) is 0.381. The van der Waals surface area contributed by atoms with Gasteiger partial charge in [0.25, 0.3) is 0 Å². The first-order valence-corrected chi connectivity index (χ1v) is 12.0. The van der Waals surface area contributed by atoms with Crippen molar-refractivity contribution in [2.75, 3.05) is 31.1 Å². The molecule has 1 aliphatic heterocycles. The van der Waals surface area contributed by atoms with Crippen molar-refractivity contribution in [3.63, 3.8) is 0 Å². The number of rotatable bonds is 6. The molecule has 2 aromatic carbocycles. The van der Waals surface area contributed by atoms with Gasteiger partial charge < -0.3 is 4.90 Å². The van der Waals surface area contributed by atoms with Crippen LogP contribution in [0.3, 0.4) is 0 Å². The third-order valence-electron chi connectivity index (χ3n) is 5.55. The van der Waals surface area contributed by atoms with Crippen molar-refractivity contribution >= 4 is 15.5 Å². The number of halogens is 3. The Labute approximate surface area is 189 Å². The Balaban J connectivity index is 1.38. The van der Waals surface area contributed by atoms with Crippen LogP contribution < -0.4 is 4.90 Å². The lowest BCUT2D eigenvalue weighted by Crippen LogP contribution is -2.46. The van der Waals surface area contributed by atoms with Crippen LogP contribution in [0.25, 0.3) is 0 Å². The highest BCUT2D eigenvalue weighted by Gasteiger charge is 2.31. The standard InChI is InChI=1S/C21H23F3N6O2S/c1-16-5-7-19(8-6-16)33(31,32)15-30-20(25-26-27-30)14-28-9-11-29(12-10-28)18-4-2-3-17(13-18)21(22,23)24/h2-8,13H,9-12,14-15H2,1H3. The van der Waals surface area contributed by atoms with Gasteiger partial charge in [-0.1, -0.05) is 23.8 Å². The maximum Gasteiger partial charge on any atom is 0.416 e. The maximum absolute atomic E-state index is 13.0. The Hall–Kier alpha value is -2.99. The molecule has 0 atom stereocenters. The summed E-state index contributed by atoms with van der Waals surface area (Å²) >= 11 is 0. The summed E-state index contributed by atoms with van der Waals surface area (Å²) in [4.78, 5) is 4.14. The van der Waals surface area contributed by atoms with E-state index in [1.807, 2.05) is 16.7 Å². The van der Waals surface area contributed by atoms with Gasteiger partial charge in [0, 0.05) is 31.9 Å². The average molecular weight is 481 g/mol. The van der Waals surface area contributed by atoms with Crippen molar-refractivity contribution in [1.29, 1.82) is 0 Å². The van der Waals surface area contributed by atoms with E-state index in [4.69, 9.17) is 0 Å². The third kappa shape index (κ3) is 5.50. The average Bonchev–Trinajstić information content (AvgIpc) is 3.20. The molecule has 0 saturated carbocycles. The second-order valence-corrected chi connectivity index (χ2v) is 9.92. The molecule has 1 aromatic heterocycles. The van der Waals surface area contributed by atoms with Crippen LogP contribution in [0.2, 0.25) is 0 Å². The Morgan fingerprint density at radius 3 is 2.36 bits per heavy atom. The zero-order valence-corrected chi connectivity index (χ0v) is 18.7. The number of piperazine rings is 1. The molecule has 1 fully saturated rings. The fourth-order valence-corrected chi connectivity index (χ4v) is 4.88. The van der Waals surface area contributed by atoms with Crippen molar-refractivity contribution in [3.05, 3.63) is 65.5 Å². The van der Waals surface area contributed by atoms with E-state index in [1.165, 1.54) is 10.7 Å². The molecule has 4 rings (SSSR count). The third-order valence-corrected chi connectivity index (χ3v) is 7.13. The van der Waals surface area contributed by atoms with E-state index in [2.05, 4.69) is 15.5 Å². The molecule has 0 bridgehead atoms. The molecule has 176 valence electrons. The highest BCUT2D eigenvalue weighted by atomic mass is 32.2. The first kappa shape index (κ1) is 23.2. The van der Waals surface area contributed by atoms with Gasteiger partial charge in [0.05, 0.1) is 17.0 Å². The van der Waals surface area contributed by atoms with E-state index in [1.54, 1.807) is 30.3 Å². The number of benzene rings is 2. The number of aryl methyl sites for hydroxylation is 1. The zero-order chi connectivity index (χ0) is 23.6. The van der Waals surface area contributed by atoms with Crippen molar-refractivity contribution in [2.24, 2.45) is 0 Å². The zero-order valence-electron chi connectivity index (χ0n) is 17.9. The Morgan fingerprint density at radius 2 is 1.70 bits per heavy atom. The van der Waals surface area contributed by atoms with Gasteiger partial charge in [-0.05, 0) is 47.7 Å². The molecule has 12 heteroatoms. The minimum Gasteiger partial charge on any atom is -0.369 e. The lowest BCUT2D eigenvalue weighted by molar-refractivity contribution is -0.137. The lowest BCUT2D eigenvalue weighted by atomic mass is 10.1. The molecule has 1 aliphatic rings. The number of nitrogens with zero attached hydrogens (tertiary/aromatic N) is 6. The second-order valence-electron chi connectivity index (χ2n) is 7.96. The van der Waals surface area contributed by atoms with Gasteiger partial charge in [0.15, 0.2) is 21.5 Å². The molecule has 8 nitrogen and oxygen atoms in total. The molecule has 2 heterocycles. The minimum atomic E-state index is -4.38. The number of hydrogen-bond acceptors (Lipinski definition) is 7. The van der Waals surface area contributed by atoms with E-state index in [9.17, 15) is 21.6 Å². The quantitative estimate of drug-likeness (QED) is 0.536. The molecular formula is C21H23F3N6O2S. The van der Waals surface area contributed by atoms with Gasteiger partial charge >= 0.3 is 6.18 Å². The van der Waals surface area contributed by atoms with Gasteiger partial charge in [-0.25, -0.2) is 13.1 Å². The largest absolute Gasteiger partial charge is 0.416 e. The molecule has 0 amide bonds. The molecule has 0 radical (unpaired) electrons. The highest BCUT2D eigenvalue weighted by Crippen LogP contribution is 2.32. The van der Waals surface area contributed by atoms with Gasteiger partial charge in [-0.3, -0.25) is 4.90 Å². The van der Waals surface area contributed by atoms with Gasteiger partial charge in [-0.2, -0.15) is 13.2 Å². The van der Waals surface area contributed by atoms with E-state index in [-0.39, 0.29) is 10.8 Å². The molecule has 1 saturated heterocycles. The molecule has 0 aliphatic carbocycles. The van der Waals surface area contributed by atoms with E-state index in [0.29, 0.717) is 44.2 Å². The van der Waals surface area contributed by atoms with Crippen LogP contribution in [0.5, 0.6) is 0 Å². The summed E-state index contributed by atoms with van der Waals surface area (Å²) in [5, 5.41) is 11.4. The molecule has 33 heavy (non-hydrogen) atoms. The summed E-state index contributed by atoms with van der Waals surface area (Å²) in [7, 11) is -3.62. The van der Waals surface area contributed by atoms with E-state index < -0.39 is 21.6 Å². The minimum absolute atomic E-state index is 0.198. The van der Waals surface area contributed by atoms with Gasteiger partial charge in [0.2, 0.25) is 0 Å². The van der Waals surface area contributed by atoms with Crippen LogP contribution in [0.4, 0.5) is 18.9 Å². The van der Waals surface area contributed by atoms with Crippen LogP contribution in [0.15, 0.2) is 53.4 Å². The summed E-state index contributed by atoms with van der Waals surface area (Å²) in [5.41, 5.74) is 0.816. The van der Waals surface area contributed by atoms with Gasteiger partial charge in [-0.15, -0.1) is 5.10 Å². The summed E-state index contributed by atoms with van der Waals surface area (Å²) in [5.74, 6) is 0.0426. The summed E-state index contributed by atoms with van der Waals surface area (Å²) in [6.07, 6.45) is -4.38. The number of hydrogen-bond donors (Lipinski definition) is 0. The van der Waals surface area contributed by atoms with E-state index in [0.717, 1.165) is 17.7 Å². The first-order valence-electron chi connectivity index (χ1n) is 10.3. The SMILES string of the molecule is Cc1ccc(S(=O)(=O)Cn2nnnc2CN2CCN(c3cccc(C(F)(F)F)c3)CC2)cc1. The van der Waals surface area contributed by atoms with Gasteiger partial charge in [0.1, 0.15) is 0 Å². The number of tetrazole rings is 1. The topological polar surface area (TPSA) is 84.2 Å². The number of aromatic nitrogens is 4. The van der Waals surface area contributed by atoms with E-state index >= 15 is 0 Å². The predicted octanol–water partition coefficient (Wildman–Crippen LogP) is 2.75. The van der Waals surface area contributed by atoms with Crippen LogP contribution >= 0.6 is 0 Å². The summed E-state index contributed by atoms with van der Waals surface area (Å²) in [6.45, 7) is 4.44. The normalized spacial score (nSPS) is 15.7. The van der Waals surface area contributed by atoms with Crippen molar-refractivity contribution in [3.8, 4) is 0 Å². The van der Waals surface area contributed by atoms with Crippen molar-refractivity contribution in [1.82, 2.24) is 25.1 Å². The Kier molecular flexibility index (Phi) is 6.39. The van der Waals surface area contributed by atoms with Crippen LogP contribution in [-0.2, 0) is 28.4 Å². The van der Waals surface area contributed by atoms with Crippen LogP contribution in [-0.4, -0.2) is 59.7 Å². The van der Waals surface area contributed by atoms with Crippen LogP contribution in [0, 0.1) is 6.92 Å². The first-order chi connectivity index (χ1) is 15.6. The smallest absolute Gasteiger partial charge is 0.369 e.